The molecule has 4 heteroatoms. The summed E-state index contributed by atoms with van der Waals surface area (Å²) in [6.45, 7) is 11.2. The summed E-state index contributed by atoms with van der Waals surface area (Å²) in [7, 11) is 0. The van der Waals surface area contributed by atoms with Crippen LogP contribution in [0.15, 0.2) is 6.33 Å². The highest BCUT2D eigenvalue weighted by atomic mass is 15.3. The molecule has 0 bridgehead atoms. The summed E-state index contributed by atoms with van der Waals surface area (Å²) in [4.78, 5) is 4.53. The second-order valence-electron chi connectivity index (χ2n) is 7.09. The van der Waals surface area contributed by atoms with Crippen LogP contribution in [0, 0.1) is 17.8 Å². The second-order valence-corrected chi connectivity index (χ2v) is 7.09. The van der Waals surface area contributed by atoms with Gasteiger partial charge in [-0.2, -0.15) is 5.10 Å². The van der Waals surface area contributed by atoms with E-state index in [9.17, 15) is 0 Å². The zero-order valence-corrected chi connectivity index (χ0v) is 14.2. The maximum atomic E-state index is 4.53. The van der Waals surface area contributed by atoms with Crippen LogP contribution in [0.1, 0.15) is 59.2 Å². The van der Waals surface area contributed by atoms with Crippen molar-refractivity contribution < 1.29 is 0 Å². The van der Waals surface area contributed by atoms with Gasteiger partial charge >= 0.3 is 0 Å². The van der Waals surface area contributed by atoms with Crippen LogP contribution in [0.3, 0.4) is 0 Å². The van der Waals surface area contributed by atoms with Gasteiger partial charge in [-0.1, -0.05) is 40.5 Å². The summed E-state index contributed by atoms with van der Waals surface area (Å²) in [5.74, 6) is 3.39. The monoisotopic (exact) mass is 292 g/mol. The highest BCUT2D eigenvalue weighted by Crippen LogP contribution is 2.34. The summed E-state index contributed by atoms with van der Waals surface area (Å²) >= 11 is 0. The molecule has 120 valence electrons. The van der Waals surface area contributed by atoms with Gasteiger partial charge < -0.3 is 5.32 Å². The van der Waals surface area contributed by atoms with Crippen molar-refractivity contribution >= 4 is 0 Å². The molecule has 1 aliphatic carbocycles. The molecule has 3 unspecified atom stereocenters. The van der Waals surface area contributed by atoms with Gasteiger partial charge in [0.15, 0.2) is 0 Å². The molecule has 0 radical (unpaired) electrons. The molecule has 2 rings (SSSR count). The zero-order chi connectivity index (χ0) is 15.2. The van der Waals surface area contributed by atoms with E-state index in [-0.39, 0.29) is 0 Å². The van der Waals surface area contributed by atoms with E-state index in [1.165, 1.54) is 25.7 Å². The quantitative estimate of drug-likeness (QED) is 0.799. The van der Waals surface area contributed by atoms with E-state index < -0.39 is 0 Å². The van der Waals surface area contributed by atoms with Gasteiger partial charge in [-0.15, -0.1) is 0 Å². The summed E-state index contributed by atoms with van der Waals surface area (Å²) < 4.78 is 2.10. The molecule has 21 heavy (non-hydrogen) atoms. The third-order valence-electron chi connectivity index (χ3n) is 4.74. The zero-order valence-electron chi connectivity index (χ0n) is 14.2. The fraction of sp³-hybridized carbons (Fsp3) is 0.882. The smallest absolute Gasteiger partial charge is 0.138 e. The Balaban J connectivity index is 2.05. The SMILES string of the molecule is CCCNC(Cc1ncnn1CC(C)C)C1CCCC1C. The molecule has 0 amide bonds. The highest BCUT2D eigenvalue weighted by Gasteiger charge is 2.31. The van der Waals surface area contributed by atoms with E-state index >= 15 is 0 Å². The molecule has 3 atom stereocenters. The average molecular weight is 292 g/mol. The minimum Gasteiger partial charge on any atom is -0.313 e. The molecule has 1 fully saturated rings. The maximum Gasteiger partial charge on any atom is 0.138 e. The van der Waals surface area contributed by atoms with Gasteiger partial charge in [-0.25, -0.2) is 9.67 Å². The third kappa shape index (κ3) is 4.53. The van der Waals surface area contributed by atoms with Gasteiger partial charge in [0.2, 0.25) is 0 Å². The Morgan fingerprint density at radius 1 is 1.38 bits per heavy atom. The molecular formula is C17H32N4. The molecule has 1 N–H and O–H groups in total. The van der Waals surface area contributed by atoms with Crippen LogP contribution < -0.4 is 5.32 Å². The molecule has 0 spiro atoms. The first-order valence-electron chi connectivity index (χ1n) is 8.71. The Labute approximate surface area is 129 Å². The lowest BCUT2D eigenvalue weighted by Crippen LogP contribution is -2.40. The standard InChI is InChI=1S/C17H32N4/c1-5-9-18-16(15-8-6-7-14(15)4)10-17-19-12-20-21(17)11-13(2)3/h12-16,18H,5-11H2,1-4H3. The Morgan fingerprint density at radius 2 is 2.19 bits per heavy atom. The van der Waals surface area contributed by atoms with Gasteiger partial charge in [0.1, 0.15) is 12.2 Å². The van der Waals surface area contributed by atoms with Gasteiger partial charge in [0, 0.05) is 19.0 Å². The number of hydrogen-bond acceptors (Lipinski definition) is 3. The summed E-state index contributed by atoms with van der Waals surface area (Å²) in [5.41, 5.74) is 0. The van der Waals surface area contributed by atoms with Crippen molar-refractivity contribution in [2.75, 3.05) is 6.54 Å². The van der Waals surface area contributed by atoms with E-state index in [1.807, 2.05) is 0 Å². The van der Waals surface area contributed by atoms with E-state index in [0.29, 0.717) is 12.0 Å². The number of rotatable bonds is 8. The molecule has 1 aliphatic rings. The molecular weight excluding hydrogens is 260 g/mol. The minimum absolute atomic E-state index is 0.553. The normalized spacial score (nSPS) is 23.9. The molecule has 1 aromatic heterocycles. The predicted octanol–water partition coefficient (Wildman–Crippen LogP) is 3.28. The maximum absolute atomic E-state index is 4.53. The van der Waals surface area contributed by atoms with Crippen molar-refractivity contribution in [2.45, 2.75) is 72.4 Å². The lowest BCUT2D eigenvalue weighted by Gasteiger charge is -2.28. The largest absolute Gasteiger partial charge is 0.313 e. The Bertz CT molecular complexity index is 413. The first kappa shape index (κ1) is 16.5. The molecule has 1 heterocycles. The van der Waals surface area contributed by atoms with Crippen molar-refractivity contribution in [3.8, 4) is 0 Å². The van der Waals surface area contributed by atoms with E-state index in [0.717, 1.165) is 37.2 Å². The summed E-state index contributed by atoms with van der Waals surface area (Å²) in [5, 5.41) is 8.19. The first-order valence-corrected chi connectivity index (χ1v) is 8.71. The van der Waals surface area contributed by atoms with Crippen LogP contribution in [0.4, 0.5) is 0 Å². The van der Waals surface area contributed by atoms with Gasteiger partial charge in [0.05, 0.1) is 0 Å². The van der Waals surface area contributed by atoms with E-state index in [1.54, 1.807) is 6.33 Å². The third-order valence-corrected chi connectivity index (χ3v) is 4.74. The molecule has 0 saturated heterocycles. The number of nitrogens with zero attached hydrogens (tertiary/aromatic N) is 3. The van der Waals surface area contributed by atoms with Crippen LogP contribution in [-0.2, 0) is 13.0 Å². The molecule has 1 aromatic rings. The van der Waals surface area contributed by atoms with Crippen LogP contribution in [0.5, 0.6) is 0 Å². The fourth-order valence-corrected chi connectivity index (χ4v) is 3.62. The second kappa shape index (κ2) is 7.92. The number of hydrogen-bond donors (Lipinski definition) is 1. The van der Waals surface area contributed by atoms with Gasteiger partial charge in [-0.3, -0.25) is 0 Å². The minimum atomic E-state index is 0.553. The average Bonchev–Trinajstić information content (AvgIpc) is 3.03. The van der Waals surface area contributed by atoms with E-state index in [4.69, 9.17) is 0 Å². The highest BCUT2D eigenvalue weighted by molar-refractivity contribution is 4.95. The Morgan fingerprint density at radius 3 is 2.81 bits per heavy atom. The summed E-state index contributed by atoms with van der Waals surface area (Å²) in [6.07, 6.45) is 8.05. The predicted molar refractivity (Wildman–Crippen MR) is 87.2 cm³/mol. The van der Waals surface area contributed by atoms with Crippen molar-refractivity contribution in [1.82, 2.24) is 20.1 Å². The topological polar surface area (TPSA) is 42.7 Å². The van der Waals surface area contributed by atoms with Crippen LogP contribution in [0.25, 0.3) is 0 Å². The molecule has 4 nitrogen and oxygen atoms in total. The molecule has 1 saturated carbocycles. The first-order chi connectivity index (χ1) is 10.1. The molecule has 0 aromatic carbocycles. The lowest BCUT2D eigenvalue weighted by molar-refractivity contribution is 0.288. The summed E-state index contributed by atoms with van der Waals surface area (Å²) in [6, 6.07) is 0.553. The van der Waals surface area contributed by atoms with Crippen molar-refractivity contribution in [2.24, 2.45) is 17.8 Å². The van der Waals surface area contributed by atoms with Crippen LogP contribution >= 0.6 is 0 Å². The van der Waals surface area contributed by atoms with E-state index in [2.05, 4.69) is 47.8 Å². The number of aromatic nitrogens is 3. The fourth-order valence-electron chi connectivity index (χ4n) is 3.62. The van der Waals surface area contributed by atoms with Crippen molar-refractivity contribution in [3.05, 3.63) is 12.2 Å². The van der Waals surface area contributed by atoms with Gasteiger partial charge in [-0.05, 0) is 37.1 Å². The molecule has 0 aliphatic heterocycles. The lowest BCUT2D eigenvalue weighted by atomic mass is 9.88. The van der Waals surface area contributed by atoms with Crippen LogP contribution in [0.2, 0.25) is 0 Å². The Kier molecular flexibility index (Phi) is 6.22. The Hall–Kier alpha value is -0.900. The van der Waals surface area contributed by atoms with Crippen molar-refractivity contribution in [1.29, 1.82) is 0 Å². The van der Waals surface area contributed by atoms with Crippen molar-refractivity contribution in [3.63, 3.8) is 0 Å². The van der Waals surface area contributed by atoms with Crippen LogP contribution in [-0.4, -0.2) is 27.4 Å². The van der Waals surface area contributed by atoms with Gasteiger partial charge in [0.25, 0.3) is 0 Å². The number of nitrogens with one attached hydrogen (secondary N) is 1.